The Labute approximate surface area is 236 Å². The van der Waals surface area contributed by atoms with Crippen LogP contribution in [0.15, 0.2) is 54.6 Å². The maximum atomic E-state index is 12.8. The van der Waals surface area contributed by atoms with Crippen LogP contribution in [0.1, 0.15) is 43.7 Å². The summed E-state index contributed by atoms with van der Waals surface area (Å²) in [5.74, 6) is -4.30. The minimum atomic E-state index is -1.55. The summed E-state index contributed by atoms with van der Waals surface area (Å²) in [7, 11) is 0. The number of aliphatic carboxylic acids is 2. The van der Waals surface area contributed by atoms with E-state index in [-0.39, 0.29) is 18.9 Å². The fourth-order valence-electron chi connectivity index (χ4n) is 3.69. The van der Waals surface area contributed by atoms with Crippen molar-refractivity contribution < 1.29 is 43.7 Å². The van der Waals surface area contributed by atoms with Gasteiger partial charge in [0.25, 0.3) is 0 Å². The molecule has 0 spiro atoms. The molecule has 0 bridgehead atoms. The average Bonchev–Trinajstić information content (AvgIpc) is 2.91. The van der Waals surface area contributed by atoms with Crippen LogP contribution in [0.25, 0.3) is 0 Å². The highest BCUT2D eigenvalue weighted by atomic mass is 16.5. The summed E-state index contributed by atoms with van der Waals surface area (Å²) in [5.41, 5.74) is 1.79. The Kier molecular flexibility index (Phi) is 13.3. The molecule has 13 nitrogen and oxygen atoms in total. The van der Waals surface area contributed by atoms with Crippen LogP contribution in [0.2, 0.25) is 0 Å². The number of carbonyl (C=O) groups is 6. The number of alkyl carbamates (subject to hydrolysis) is 1. The van der Waals surface area contributed by atoms with Crippen molar-refractivity contribution in [2.45, 2.75) is 57.7 Å². The van der Waals surface area contributed by atoms with Gasteiger partial charge in [-0.1, -0.05) is 42.5 Å². The maximum Gasteiger partial charge on any atom is 0.407 e. The van der Waals surface area contributed by atoms with E-state index in [0.717, 1.165) is 5.56 Å². The number of unbranched alkanes of at least 4 members (excludes halogenated alkanes) is 1. The Morgan fingerprint density at radius 2 is 1.51 bits per heavy atom. The van der Waals surface area contributed by atoms with Gasteiger partial charge in [-0.25, -0.2) is 9.59 Å². The van der Waals surface area contributed by atoms with Crippen molar-refractivity contribution >= 4 is 41.4 Å². The lowest BCUT2D eigenvalue weighted by atomic mass is 10.1. The van der Waals surface area contributed by atoms with E-state index in [1.807, 2.05) is 30.3 Å². The van der Waals surface area contributed by atoms with Crippen LogP contribution in [0.4, 0.5) is 10.5 Å². The van der Waals surface area contributed by atoms with Gasteiger partial charge in [-0.3, -0.25) is 19.2 Å². The van der Waals surface area contributed by atoms with Gasteiger partial charge in [0.2, 0.25) is 17.7 Å². The molecular formula is C28H34N4O9. The minimum absolute atomic E-state index is 0.156. The van der Waals surface area contributed by atoms with Crippen molar-refractivity contribution in [1.29, 1.82) is 0 Å². The first kappa shape index (κ1) is 32.3. The molecule has 6 N–H and O–H groups in total. The number of hydrogen-bond acceptors (Lipinski definition) is 7. The van der Waals surface area contributed by atoms with E-state index in [1.165, 1.54) is 6.92 Å². The van der Waals surface area contributed by atoms with E-state index >= 15 is 0 Å². The topological polar surface area (TPSA) is 200 Å². The molecule has 13 heteroatoms. The van der Waals surface area contributed by atoms with Gasteiger partial charge in [0.15, 0.2) is 0 Å². The highest BCUT2D eigenvalue weighted by Crippen LogP contribution is 2.12. The minimum Gasteiger partial charge on any atom is -0.481 e. The number of benzene rings is 2. The fourth-order valence-corrected chi connectivity index (χ4v) is 3.69. The standard InChI is InChI=1S/C28H34N4O9/c1-18(33)30-22(9-5-6-14-29-28(40)41-17-20-7-3-2-4-8-20)26(37)31-21-12-10-19(11-13-21)15-24(34)32-23(27(38)39)16-25(35)36/h2-4,7-8,10-13,22-23H,5-6,9,14-17H2,1H3,(H,29,40)(H,30,33)(H,31,37)(H,32,34)(H,35,36)(H,38,39). The van der Waals surface area contributed by atoms with Gasteiger partial charge >= 0.3 is 18.0 Å². The molecule has 0 aromatic heterocycles. The summed E-state index contributed by atoms with van der Waals surface area (Å²) in [6, 6.07) is 13.1. The van der Waals surface area contributed by atoms with Crippen LogP contribution in [0, 0.1) is 0 Å². The summed E-state index contributed by atoms with van der Waals surface area (Å²) >= 11 is 0. The van der Waals surface area contributed by atoms with Crippen LogP contribution in [0.3, 0.4) is 0 Å². The number of ether oxygens (including phenoxy) is 1. The Balaban J connectivity index is 1.78. The van der Waals surface area contributed by atoms with Gasteiger partial charge in [-0.05, 0) is 42.5 Å². The molecule has 2 aromatic rings. The quantitative estimate of drug-likeness (QED) is 0.163. The van der Waals surface area contributed by atoms with Crippen LogP contribution in [0.5, 0.6) is 0 Å². The molecule has 4 amide bonds. The first-order valence-electron chi connectivity index (χ1n) is 12.9. The van der Waals surface area contributed by atoms with Crippen LogP contribution < -0.4 is 21.3 Å². The molecule has 2 aromatic carbocycles. The van der Waals surface area contributed by atoms with Gasteiger partial charge in [0.1, 0.15) is 18.7 Å². The normalized spacial score (nSPS) is 11.8. The van der Waals surface area contributed by atoms with Gasteiger partial charge < -0.3 is 36.2 Å². The first-order valence-corrected chi connectivity index (χ1v) is 12.9. The van der Waals surface area contributed by atoms with E-state index in [1.54, 1.807) is 24.3 Å². The van der Waals surface area contributed by atoms with Crippen LogP contribution >= 0.6 is 0 Å². The van der Waals surface area contributed by atoms with Gasteiger partial charge in [0, 0.05) is 19.2 Å². The molecule has 0 aliphatic rings. The zero-order valence-electron chi connectivity index (χ0n) is 22.6. The molecule has 0 fully saturated rings. The Morgan fingerprint density at radius 1 is 0.829 bits per heavy atom. The Morgan fingerprint density at radius 3 is 2.12 bits per heavy atom. The number of carboxylic acids is 2. The highest BCUT2D eigenvalue weighted by molar-refractivity contribution is 5.97. The lowest BCUT2D eigenvalue weighted by Gasteiger charge is -2.18. The first-order chi connectivity index (χ1) is 19.5. The predicted molar refractivity (Wildman–Crippen MR) is 147 cm³/mol. The highest BCUT2D eigenvalue weighted by Gasteiger charge is 2.23. The molecular weight excluding hydrogens is 536 g/mol. The zero-order chi connectivity index (χ0) is 30.2. The third-order valence-electron chi connectivity index (χ3n) is 5.69. The number of carbonyl (C=O) groups excluding carboxylic acids is 4. The fraction of sp³-hybridized carbons (Fsp3) is 0.357. The molecule has 2 atom stereocenters. The number of carboxylic acid groups (broad SMARTS) is 2. The molecule has 0 aliphatic heterocycles. The molecule has 0 aliphatic carbocycles. The molecule has 2 rings (SSSR count). The monoisotopic (exact) mass is 570 g/mol. The van der Waals surface area contributed by atoms with E-state index in [4.69, 9.17) is 14.9 Å². The number of anilines is 1. The molecule has 2 unspecified atom stereocenters. The van der Waals surface area contributed by atoms with Crippen molar-refractivity contribution in [2.24, 2.45) is 0 Å². The summed E-state index contributed by atoms with van der Waals surface area (Å²) in [4.78, 5) is 70.3. The smallest absolute Gasteiger partial charge is 0.407 e. The van der Waals surface area contributed by atoms with Gasteiger partial charge in [-0.15, -0.1) is 0 Å². The van der Waals surface area contributed by atoms with Gasteiger partial charge in [-0.2, -0.15) is 0 Å². The second-order valence-electron chi connectivity index (χ2n) is 9.16. The van der Waals surface area contributed by atoms with Crippen molar-refractivity contribution in [3.63, 3.8) is 0 Å². The number of nitrogens with one attached hydrogen (secondary N) is 4. The molecule has 0 saturated heterocycles. The SMILES string of the molecule is CC(=O)NC(CCCCNC(=O)OCc1ccccc1)C(=O)Nc1ccc(CC(=O)NC(CC(=O)O)C(=O)O)cc1. The number of hydrogen-bond donors (Lipinski definition) is 6. The Hall–Kier alpha value is -4.94. The summed E-state index contributed by atoms with van der Waals surface area (Å²) in [5, 5.41) is 27.9. The average molecular weight is 571 g/mol. The number of amides is 4. The van der Waals surface area contributed by atoms with Gasteiger partial charge in [0.05, 0.1) is 12.8 Å². The van der Waals surface area contributed by atoms with Crippen molar-refractivity contribution in [1.82, 2.24) is 16.0 Å². The van der Waals surface area contributed by atoms with E-state index in [0.29, 0.717) is 37.1 Å². The van der Waals surface area contributed by atoms with Crippen molar-refractivity contribution in [2.75, 3.05) is 11.9 Å². The molecule has 41 heavy (non-hydrogen) atoms. The van der Waals surface area contributed by atoms with E-state index < -0.39 is 48.4 Å². The summed E-state index contributed by atoms with van der Waals surface area (Å²) < 4.78 is 5.14. The zero-order valence-corrected chi connectivity index (χ0v) is 22.6. The van der Waals surface area contributed by atoms with E-state index in [9.17, 15) is 28.8 Å². The second-order valence-corrected chi connectivity index (χ2v) is 9.16. The molecule has 0 saturated carbocycles. The largest absolute Gasteiger partial charge is 0.481 e. The van der Waals surface area contributed by atoms with Crippen LogP contribution in [-0.2, 0) is 41.7 Å². The molecule has 0 radical (unpaired) electrons. The summed E-state index contributed by atoms with van der Waals surface area (Å²) in [6.07, 6.45) is -0.0848. The van der Waals surface area contributed by atoms with E-state index in [2.05, 4.69) is 21.3 Å². The van der Waals surface area contributed by atoms with Crippen molar-refractivity contribution in [3.8, 4) is 0 Å². The predicted octanol–water partition coefficient (Wildman–Crippen LogP) is 1.81. The summed E-state index contributed by atoms with van der Waals surface area (Å²) in [6.45, 7) is 1.79. The van der Waals surface area contributed by atoms with Crippen LogP contribution in [-0.4, -0.2) is 64.6 Å². The Bertz CT molecular complexity index is 1200. The lowest BCUT2D eigenvalue weighted by molar-refractivity contribution is -0.147. The third kappa shape index (κ3) is 13.1. The second kappa shape index (κ2) is 16.9. The maximum absolute atomic E-state index is 12.8. The van der Waals surface area contributed by atoms with Crippen molar-refractivity contribution in [3.05, 3.63) is 65.7 Å². The molecule has 220 valence electrons. The lowest BCUT2D eigenvalue weighted by Crippen LogP contribution is -2.43. The number of rotatable bonds is 16. The molecule has 0 heterocycles. The third-order valence-corrected chi connectivity index (χ3v) is 5.69.